The van der Waals surface area contributed by atoms with Gasteiger partial charge in [-0.1, -0.05) is 0 Å². The molecule has 0 saturated carbocycles. The Hall–Kier alpha value is -2.57. The molecular weight excluding hydrogens is 455 g/mol. The van der Waals surface area contributed by atoms with Crippen LogP contribution >= 0.6 is 0 Å². The molecule has 0 atom stereocenters. The number of ether oxygens (including phenoxy) is 3. The van der Waals surface area contributed by atoms with E-state index in [9.17, 15) is 22.6 Å². The van der Waals surface area contributed by atoms with Crippen molar-refractivity contribution < 1.29 is 74.9 Å². The van der Waals surface area contributed by atoms with Gasteiger partial charge in [0.2, 0.25) is 0 Å². The molecule has 0 aliphatic rings. The van der Waals surface area contributed by atoms with Crippen LogP contribution < -0.4 is 43.2 Å². The Morgan fingerprint density at radius 3 is 2.28 bits per heavy atom. The first kappa shape index (κ1) is 25.7. The first-order chi connectivity index (χ1) is 14.6. The molecule has 0 amide bonds. The van der Waals surface area contributed by atoms with Gasteiger partial charge in [-0.15, -0.1) is 0 Å². The van der Waals surface area contributed by atoms with Crippen molar-refractivity contribution in [1.29, 1.82) is 0 Å². The summed E-state index contributed by atoms with van der Waals surface area (Å²) in [6.07, 6.45) is 0. The second-order valence-electron chi connectivity index (χ2n) is 6.16. The van der Waals surface area contributed by atoms with Crippen molar-refractivity contribution in [2.24, 2.45) is 0 Å². The number of methoxy groups -OCH3 is 1. The van der Waals surface area contributed by atoms with Crippen molar-refractivity contribution in [3.63, 3.8) is 0 Å². The van der Waals surface area contributed by atoms with Crippen LogP contribution in [0.4, 0.5) is 0 Å². The maximum atomic E-state index is 12.5. The Kier molecular flexibility index (Phi) is 8.32. The van der Waals surface area contributed by atoms with Gasteiger partial charge in [0.05, 0.1) is 19.3 Å². The van der Waals surface area contributed by atoms with Gasteiger partial charge >= 0.3 is 41.5 Å². The molecule has 0 unspecified atom stereocenters. The first-order valence-electron chi connectivity index (χ1n) is 8.88. The minimum Gasteiger partial charge on any atom is -0.716 e. The number of hydrogen-bond acceptors (Lipinski definition) is 10. The zero-order valence-corrected chi connectivity index (χ0v) is 20.5. The molecule has 0 spiro atoms. The summed E-state index contributed by atoms with van der Waals surface area (Å²) in [6, 6.07) is 8.12. The summed E-state index contributed by atoms with van der Waals surface area (Å²) in [6.45, 7) is 3.21. The number of carbonyl (C=O) groups excluding carboxylic acids is 2. The van der Waals surface area contributed by atoms with Crippen molar-refractivity contribution in [3.8, 4) is 17.2 Å². The average molecular weight is 472 g/mol. The molecule has 0 N–H and O–H groups in total. The van der Waals surface area contributed by atoms with E-state index >= 15 is 0 Å². The molecule has 0 saturated heterocycles. The number of fused-ring (bicyclic) bond motifs is 1. The van der Waals surface area contributed by atoms with E-state index in [1.54, 1.807) is 6.92 Å². The van der Waals surface area contributed by atoms with Crippen LogP contribution in [0.15, 0.2) is 40.8 Å². The van der Waals surface area contributed by atoms with Crippen LogP contribution in [0.2, 0.25) is 0 Å². The molecular formula is C20H17NaO10S. The van der Waals surface area contributed by atoms with Crippen molar-refractivity contribution in [3.05, 3.63) is 53.3 Å². The third-order valence-electron chi connectivity index (χ3n) is 4.13. The van der Waals surface area contributed by atoms with E-state index in [-0.39, 0.29) is 64.0 Å². The van der Waals surface area contributed by atoms with Crippen LogP contribution in [0.5, 0.6) is 17.2 Å². The maximum Gasteiger partial charge on any atom is 1.00 e. The van der Waals surface area contributed by atoms with Crippen LogP contribution in [0.25, 0.3) is 11.0 Å². The van der Waals surface area contributed by atoms with Crippen LogP contribution in [-0.4, -0.2) is 38.6 Å². The number of esters is 2. The van der Waals surface area contributed by atoms with E-state index in [1.807, 2.05) is 0 Å². The largest absolute Gasteiger partial charge is 1.00 e. The van der Waals surface area contributed by atoms with Crippen molar-refractivity contribution in [1.82, 2.24) is 0 Å². The molecule has 32 heavy (non-hydrogen) atoms. The standard InChI is InChI=1S/C20H18O10S.Na/c1-4-27-20(22)18-11(2)28-15-10-16(17(9-14(15)18)30-31(23,24)25)29-19(21)12-5-7-13(26-3)8-6-12;/h5-10H,4H2,1-3H3,(H,23,24,25);/q;+1/p-1. The molecule has 3 aromatic rings. The van der Waals surface area contributed by atoms with Crippen molar-refractivity contribution in [2.75, 3.05) is 13.7 Å². The van der Waals surface area contributed by atoms with E-state index < -0.39 is 33.8 Å². The summed E-state index contributed by atoms with van der Waals surface area (Å²) in [5.41, 5.74) is 0.242. The quantitative estimate of drug-likeness (QED) is 0.151. The zero-order chi connectivity index (χ0) is 22.8. The van der Waals surface area contributed by atoms with Gasteiger partial charge in [0.1, 0.15) is 22.7 Å². The molecule has 0 radical (unpaired) electrons. The molecule has 3 rings (SSSR count). The predicted octanol–water partition coefficient (Wildman–Crippen LogP) is -0.0113. The van der Waals surface area contributed by atoms with Crippen LogP contribution in [0.3, 0.4) is 0 Å². The third kappa shape index (κ3) is 5.81. The van der Waals surface area contributed by atoms with Crippen LogP contribution in [0, 0.1) is 6.92 Å². The molecule has 1 heterocycles. The molecule has 1 aromatic heterocycles. The zero-order valence-electron chi connectivity index (χ0n) is 17.7. The van der Waals surface area contributed by atoms with Gasteiger partial charge in [0.15, 0.2) is 11.5 Å². The van der Waals surface area contributed by atoms with Gasteiger partial charge in [0, 0.05) is 11.5 Å². The number of carbonyl (C=O) groups is 2. The first-order valence-corrected chi connectivity index (χ1v) is 10.2. The van der Waals surface area contributed by atoms with Gasteiger partial charge in [-0.2, -0.15) is 0 Å². The van der Waals surface area contributed by atoms with E-state index in [0.717, 1.165) is 12.1 Å². The smallest absolute Gasteiger partial charge is 0.716 e. The molecule has 10 nitrogen and oxygen atoms in total. The summed E-state index contributed by atoms with van der Waals surface area (Å²) in [5.74, 6) is -1.85. The molecule has 164 valence electrons. The molecule has 2 aromatic carbocycles. The predicted molar refractivity (Wildman–Crippen MR) is 105 cm³/mol. The number of hydrogen-bond donors (Lipinski definition) is 0. The Morgan fingerprint density at radius 2 is 1.72 bits per heavy atom. The topological polar surface area (TPSA) is 141 Å². The van der Waals surface area contributed by atoms with E-state index in [4.69, 9.17) is 18.6 Å². The Balaban J connectivity index is 0.00000363. The number of furan rings is 1. The maximum absolute atomic E-state index is 12.5. The monoisotopic (exact) mass is 472 g/mol. The summed E-state index contributed by atoms with van der Waals surface area (Å²) < 4.78 is 58.8. The van der Waals surface area contributed by atoms with E-state index in [0.29, 0.717) is 5.75 Å². The fourth-order valence-electron chi connectivity index (χ4n) is 2.82. The van der Waals surface area contributed by atoms with Gasteiger partial charge in [-0.3, -0.25) is 0 Å². The number of aryl methyl sites for hydroxylation is 1. The summed E-state index contributed by atoms with van der Waals surface area (Å²) in [7, 11) is -3.76. The van der Waals surface area contributed by atoms with Crippen LogP contribution in [0.1, 0.15) is 33.4 Å². The van der Waals surface area contributed by atoms with Gasteiger partial charge in [-0.25, -0.2) is 18.0 Å². The SMILES string of the molecule is CCOC(=O)c1c(C)oc2cc(OC(=O)c3ccc(OC)cc3)c(OS(=O)(=O)[O-])cc12.[Na+]. The summed E-state index contributed by atoms with van der Waals surface area (Å²) >= 11 is 0. The minimum absolute atomic E-state index is 0. The second kappa shape index (κ2) is 10.4. The van der Waals surface area contributed by atoms with E-state index in [1.165, 1.54) is 38.3 Å². The third-order valence-corrected chi connectivity index (χ3v) is 4.51. The number of benzene rings is 2. The Bertz CT molecular complexity index is 1250. The molecule has 0 aliphatic heterocycles. The molecule has 12 heteroatoms. The molecule has 0 aliphatic carbocycles. The minimum atomic E-state index is -5.22. The second-order valence-corrected chi connectivity index (χ2v) is 7.14. The Morgan fingerprint density at radius 1 is 1.06 bits per heavy atom. The van der Waals surface area contributed by atoms with Crippen LogP contribution in [-0.2, 0) is 15.1 Å². The van der Waals surface area contributed by atoms with Crippen molar-refractivity contribution in [2.45, 2.75) is 13.8 Å². The fourth-order valence-corrected chi connectivity index (χ4v) is 3.17. The Labute approximate surface area is 205 Å². The van der Waals surface area contributed by atoms with Gasteiger partial charge in [-0.05, 0) is 44.2 Å². The van der Waals surface area contributed by atoms with Gasteiger partial charge < -0.3 is 27.4 Å². The van der Waals surface area contributed by atoms with Gasteiger partial charge in [0.25, 0.3) is 10.4 Å². The van der Waals surface area contributed by atoms with E-state index in [2.05, 4.69) is 4.18 Å². The number of rotatable bonds is 7. The van der Waals surface area contributed by atoms with Crippen molar-refractivity contribution >= 4 is 33.3 Å². The summed E-state index contributed by atoms with van der Waals surface area (Å²) in [4.78, 5) is 24.7. The summed E-state index contributed by atoms with van der Waals surface area (Å²) in [5, 5.41) is 0.124. The normalized spacial score (nSPS) is 10.9. The molecule has 0 bridgehead atoms. The molecule has 0 fully saturated rings. The average Bonchev–Trinajstić information content (AvgIpc) is 3.01. The fraction of sp³-hybridized carbons (Fsp3) is 0.200.